The Balaban J connectivity index is 1.62. The smallest absolute Gasteiger partial charge is 0.330 e. The maximum atomic E-state index is 13.8. The molecule has 0 saturated carbocycles. The van der Waals surface area contributed by atoms with Gasteiger partial charge in [-0.1, -0.05) is 83.2 Å². The van der Waals surface area contributed by atoms with E-state index < -0.39 is 22.9 Å². The number of amides is 1. The minimum atomic E-state index is -1.13. The van der Waals surface area contributed by atoms with Gasteiger partial charge in [0.05, 0.1) is 5.56 Å². The van der Waals surface area contributed by atoms with Crippen molar-refractivity contribution in [2.24, 2.45) is 4.99 Å². The lowest BCUT2D eigenvalue weighted by atomic mass is 9.80. The van der Waals surface area contributed by atoms with Gasteiger partial charge < -0.3 is 14.5 Å². The Kier molecular flexibility index (Phi) is 6.06. The lowest BCUT2D eigenvalue weighted by Crippen LogP contribution is -2.76. The maximum absolute atomic E-state index is 13.8. The van der Waals surface area contributed by atoms with Gasteiger partial charge in [-0.15, -0.1) is 0 Å². The highest BCUT2D eigenvalue weighted by Gasteiger charge is 2.66. The molecule has 2 aliphatic heterocycles. The number of rotatable bonds is 7. The van der Waals surface area contributed by atoms with Crippen LogP contribution >= 0.6 is 21.6 Å². The molecule has 9 heteroatoms. The fraction of sp³-hybridized carbons (Fsp3) is 0.231. The monoisotopic (exact) mass is 505 g/mol. The largest absolute Gasteiger partial charge is 0.479 e. The van der Waals surface area contributed by atoms with Crippen LogP contribution < -0.4 is 0 Å². The Morgan fingerprint density at radius 2 is 1.86 bits per heavy atom. The number of carbonyl (C=O) groups is 2. The van der Waals surface area contributed by atoms with Crippen LogP contribution in [0.15, 0.2) is 82.3 Å². The van der Waals surface area contributed by atoms with E-state index in [1.807, 2.05) is 67.6 Å². The lowest BCUT2D eigenvalue weighted by Gasteiger charge is -2.56. The molecule has 0 spiro atoms. The molecule has 7 nitrogen and oxygen atoms in total. The van der Waals surface area contributed by atoms with E-state index in [0.29, 0.717) is 28.5 Å². The average molecular weight is 506 g/mol. The first-order valence-corrected chi connectivity index (χ1v) is 13.2. The number of carboxylic acid groups (broad SMARTS) is 1. The van der Waals surface area contributed by atoms with E-state index in [9.17, 15) is 14.7 Å². The zero-order valence-electron chi connectivity index (χ0n) is 19.2. The Morgan fingerprint density at radius 1 is 1.20 bits per heavy atom. The van der Waals surface area contributed by atoms with E-state index in [0.717, 1.165) is 16.7 Å². The predicted molar refractivity (Wildman–Crippen MR) is 138 cm³/mol. The average Bonchev–Trinajstić information content (AvgIpc) is 3.24. The summed E-state index contributed by atoms with van der Waals surface area (Å²) in [6, 6.07) is 18.3. The van der Waals surface area contributed by atoms with Crippen molar-refractivity contribution in [3.63, 3.8) is 0 Å². The van der Waals surface area contributed by atoms with Gasteiger partial charge in [-0.3, -0.25) is 9.79 Å². The van der Waals surface area contributed by atoms with Crippen LogP contribution in [0.3, 0.4) is 0 Å². The summed E-state index contributed by atoms with van der Waals surface area (Å²) >= 11 is 0. The Morgan fingerprint density at radius 3 is 2.49 bits per heavy atom. The van der Waals surface area contributed by atoms with E-state index in [1.165, 1.54) is 26.5 Å². The molecule has 1 amide bonds. The quantitative estimate of drug-likeness (QED) is 0.275. The molecule has 3 aromatic rings. The number of aryl methyl sites for hydroxylation is 1. The minimum absolute atomic E-state index is 0.317. The number of hydrogen-bond donors (Lipinski definition) is 1. The summed E-state index contributed by atoms with van der Waals surface area (Å²) in [6.45, 7) is 7.28. The van der Waals surface area contributed by atoms with E-state index in [1.54, 1.807) is 6.92 Å². The van der Waals surface area contributed by atoms with Crippen molar-refractivity contribution in [2.45, 2.75) is 37.2 Å². The number of benzene rings is 2. The van der Waals surface area contributed by atoms with Gasteiger partial charge in [0, 0.05) is 12.0 Å². The number of carboxylic acids is 1. The van der Waals surface area contributed by atoms with Crippen molar-refractivity contribution in [1.29, 1.82) is 0 Å². The molecule has 0 radical (unpaired) electrons. The number of β-lactam (4-membered cyclic amide) rings is 1. The van der Waals surface area contributed by atoms with Crippen LogP contribution in [-0.4, -0.2) is 49.0 Å². The second kappa shape index (κ2) is 9.05. The van der Waals surface area contributed by atoms with Gasteiger partial charge in [0.15, 0.2) is 11.6 Å². The number of carbonyl (C=O) groups excluding carboxylic acids is 1. The molecule has 1 fully saturated rings. The summed E-state index contributed by atoms with van der Waals surface area (Å²) in [5, 5.41) is 14.3. The third-order valence-corrected chi connectivity index (χ3v) is 8.86. The number of aliphatic imine (C=N–C) groups is 1. The van der Waals surface area contributed by atoms with Crippen molar-refractivity contribution in [3.05, 3.63) is 89.7 Å². The van der Waals surface area contributed by atoms with Crippen molar-refractivity contribution in [3.8, 4) is 11.3 Å². The number of aromatic nitrogens is 1. The molecule has 3 atom stereocenters. The first-order valence-electron chi connectivity index (χ1n) is 11.0. The molecule has 1 saturated heterocycles. The summed E-state index contributed by atoms with van der Waals surface area (Å²) < 4.78 is 5.55. The van der Waals surface area contributed by atoms with Gasteiger partial charge in [-0.2, -0.15) is 0 Å². The molecule has 3 unspecified atom stereocenters. The lowest BCUT2D eigenvalue weighted by molar-refractivity contribution is -0.164. The fourth-order valence-electron chi connectivity index (χ4n) is 4.56. The molecule has 2 aliphatic rings. The van der Waals surface area contributed by atoms with Crippen LogP contribution in [0.25, 0.3) is 11.3 Å². The molecule has 0 bridgehead atoms. The van der Waals surface area contributed by atoms with Gasteiger partial charge >= 0.3 is 5.97 Å². The topological polar surface area (TPSA) is 96.0 Å². The summed E-state index contributed by atoms with van der Waals surface area (Å²) in [5.41, 5.74) is 2.53. The third-order valence-electron chi connectivity index (χ3n) is 6.20. The van der Waals surface area contributed by atoms with Crippen LogP contribution in [0.5, 0.6) is 0 Å². The Labute approximate surface area is 210 Å². The normalized spacial score (nSPS) is 22.1. The van der Waals surface area contributed by atoms with E-state index >= 15 is 0 Å². The standard InChI is InChI=1S/C26H23N3O4S2/c1-15(2)21(23(30)31)29-24(32)26(14-17-10-6-4-7-11-17)25(29)35-34-22(27-26)19-16(3)33-28-20(19)18-12-8-5-9-13-18/h4-13,21,25H,1,14H2,2-3H3,(H,30,31). The first kappa shape index (κ1) is 23.4. The zero-order chi connectivity index (χ0) is 24.7. The minimum Gasteiger partial charge on any atom is -0.479 e. The molecule has 5 rings (SSSR count). The number of aliphatic carboxylic acids is 1. The Hall–Kier alpha value is -3.30. The predicted octanol–water partition coefficient (Wildman–Crippen LogP) is 4.97. The molecular formula is C26H23N3O4S2. The van der Waals surface area contributed by atoms with Gasteiger partial charge in [-0.05, 0) is 35.8 Å². The summed E-state index contributed by atoms with van der Waals surface area (Å²) in [5.74, 6) is -0.804. The molecule has 0 aliphatic carbocycles. The van der Waals surface area contributed by atoms with Crippen LogP contribution in [0.4, 0.5) is 0 Å². The number of nitrogens with zero attached hydrogens (tertiary/aromatic N) is 3. The molecule has 1 N–H and O–H groups in total. The highest BCUT2D eigenvalue weighted by atomic mass is 33.1. The zero-order valence-corrected chi connectivity index (χ0v) is 20.8. The van der Waals surface area contributed by atoms with Crippen LogP contribution in [-0.2, 0) is 16.0 Å². The van der Waals surface area contributed by atoms with Gasteiger partial charge in [-0.25, -0.2) is 4.79 Å². The first-order chi connectivity index (χ1) is 16.8. The van der Waals surface area contributed by atoms with E-state index in [-0.39, 0.29) is 5.91 Å². The van der Waals surface area contributed by atoms with Gasteiger partial charge in [0.1, 0.15) is 21.9 Å². The van der Waals surface area contributed by atoms with Crippen LogP contribution in [0.1, 0.15) is 23.8 Å². The second-order valence-corrected chi connectivity index (χ2v) is 10.9. The second-order valence-electron chi connectivity index (χ2n) is 8.66. The molecule has 2 aromatic carbocycles. The SMILES string of the molecule is C=C(C)C(C(=O)O)N1C(=O)C2(Cc3ccccc3)N=C(c3c(-c4ccccc4)noc3C)SSC12. The third kappa shape index (κ3) is 3.88. The van der Waals surface area contributed by atoms with Crippen molar-refractivity contribution >= 4 is 38.5 Å². The number of hydrogen-bond acceptors (Lipinski definition) is 7. The van der Waals surface area contributed by atoms with Crippen molar-refractivity contribution in [1.82, 2.24) is 10.1 Å². The number of likely N-dealkylation sites (tertiary alicyclic amines) is 1. The molecule has 35 heavy (non-hydrogen) atoms. The van der Waals surface area contributed by atoms with Gasteiger partial charge in [0.25, 0.3) is 5.91 Å². The molecule has 178 valence electrons. The maximum Gasteiger partial charge on any atom is 0.330 e. The molecule has 1 aromatic heterocycles. The Bertz CT molecular complexity index is 1330. The van der Waals surface area contributed by atoms with Crippen molar-refractivity contribution < 1.29 is 19.2 Å². The summed E-state index contributed by atoms with van der Waals surface area (Å²) in [6.07, 6.45) is 0.360. The van der Waals surface area contributed by atoms with E-state index in [4.69, 9.17) is 9.52 Å². The van der Waals surface area contributed by atoms with E-state index in [2.05, 4.69) is 11.7 Å². The molecule has 3 heterocycles. The van der Waals surface area contributed by atoms with Crippen molar-refractivity contribution in [2.75, 3.05) is 0 Å². The highest BCUT2D eigenvalue weighted by Crippen LogP contribution is 2.54. The fourth-order valence-corrected chi connectivity index (χ4v) is 7.64. The summed E-state index contributed by atoms with van der Waals surface area (Å²) in [7, 11) is 2.86. The summed E-state index contributed by atoms with van der Waals surface area (Å²) in [4.78, 5) is 32.3. The highest BCUT2D eigenvalue weighted by molar-refractivity contribution is 8.82. The number of fused-ring (bicyclic) bond motifs is 1. The molecular weight excluding hydrogens is 482 g/mol. The van der Waals surface area contributed by atoms with Crippen LogP contribution in [0.2, 0.25) is 0 Å². The van der Waals surface area contributed by atoms with Crippen LogP contribution in [0, 0.1) is 6.92 Å². The van der Waals surface area contributed by atoms with Gasteiger partial charge in [0.2, 0.25) is 0 Å².